The van der Waals surface area contributed by atoms with Crippen LogP contribution in [-0.4, -0.2) is 35.7 Å². The highest BCUT2D eigenvalue weighted by atomic mass is 16.5. The van der Waals surface area contributed by atoms with Crippen LogP contribution in [-0.2, 0) is 17.8 Å². The molecule has 2 aromatic carbocycles. The highest BCUT2D eigenvalue weighted by Gasteiger charge is 2.20. The summed E-state index contributed by atoms with van der Waals surface area (Å²) in [5.74, 6) is 3.34. The number of imidazole rings is 1. The maximum Gasteiger partial charge on any atom is 0.223 e. The number of nitrogens with zero attached hydrogens (tertiary/aromatic N) is 2. The van der Waals surface area contributed by atoms with Crippen molar-refractivity contribution in [2.75, 3.05) is 20.3 Å². The van der Waals surface area contributed by atoms with E-state index in [0.717, 1.165) is 87.3 Å². The summed E-state index contributed by atoms with van der Waals surface area (Å²) in [5.41, 5.74) is 2.28. The van der Waals surface area contributed by atoms with Crippen LogP contribution < -0.4 is 14.8 Å². The van der Waals surface area contributed by atoms with E-state index in [4.69, 9.17) is 14.5 Å². The van der Waals surface area contributed by atoms with Crippen molar-refractivity contribution in [3.05, 3.63) is 54.4 Å². The Labute approximate surface area is 215 Å². The van der Waals surface area contributed by atoms with Gasteiger partial charge in [-0.25, -0.2) is 4.98 Å². The fraction of sp³-hybridized carbons (Fsp3) is 0.533. The number of para-hydroxylation sites is 2. The molecule has 0 radical (unpaired) electrons. The maximum absolute atomic E-state index is 12.3. The number of rotatable bonds is 14. The maximum atomic E-state index is 12.3. The summed E-state index contributed by atoms with van der Waals surface area (Å²) < 4.78 is 13.6. The van der Waals surface area contributed by atoms with Gasteiger partial charge in [-0.3, -0.25) is 4.79 Å². The summed E-state index contributed by atoms with van der Waals surface area (Å²) in [6, 6.07) is 16.2. The number of fused-ring (bicyclic) bond motifs is 1. The van der Waals surface area contributed by atoms with Crippen LogP contribution in [0.25, 0.3) is 11.0 Å². The van der Waals surface area contributed by atoms with Gasteiger partial charge in [-0.05, 0) is 62.8 Å². The zero-order chi connectivity index (χ0) is 25.0. The van der Waals surface area contributed by atoms with Crippen molar-refractivity contribution in [2.24, 2.45) is 5.92 Å². The van der Waals surface area contributed by atoms with Gasteiger partial charge < -0.3 is 19.4 Å². The number of benzene rings is 2. The normalized spacial score (nSPS) is 14.1. The van der Waals surface area contributed by atoms with Crippen LogP contribution in [0.3, 0.4) is 0 Å². The number of hydrogen-bond donors (Lipinski definition) is 1. The molecule has 0 atom stereocenters. The fourth-order valence-corrected chi connectivity index (χ4v) is 5.12. The van der Waals surface area contributed by atoms with Crippen LogP contribution in [0.15, 0.2) is 48.5 Å². The molecule has 1 N–H and O–H groups in total. The fourth-order valence-electron chi connectivity index (χ4n) is 5.12. The average molecular weight is 492 g/mol. The predicted molar refractivity (Wildman–Crippen MR) is 145 cm³/mol. The molecule has 1 aliphatic rings. The molecule has 1 fully saturated rings. The number of hydrogen-bond acceptors (Lipinski definition) is 4. The Morgan fingerprint density at radius 2 is 1.81 bits per heavy atom. The van der Waals surface area contributed by atoms with Gasteiger partial charge in [-0.2, -0.15) is 0 Å². The highest BCUT2D eigenvalue weighted by Crippen LogP contribution is 2.24. The first kappa shape index (κ1) is 26.1. The Hall–Kier alpha value is -3.02. The van der Waals surface area contributed by atoms with Gasteiger partial charge in [0.2, 0.25) is 5.91 Å². The van der Waals surface area contributed by atoms with E-state index in [9.17, 15) is 4.79 Å². The zero-order valence-electron chi connectivity index (χ0n) is 21.7. The van der Waals surface area contributed by atoms with Gasteiger partial charge in [0.05, 0.1) is 24.8 Å². The Balaban J connectivity index is 1.20. The lowest BCUT2D eigenvalue weighted by Gasteiger charge is -2.20. The standard InChI is InChI=1S/C30H41N3O3/c1-35-25-15-12-16-26(23-25)36-22-11-10-21-33-28-18-8-7-17-27(28)32-29(33)19-6-3-9-20-31-30(34)24-13-4-2-5-14-24/h7-8,12,15-18,23-24H,2-6,9-11,13-14,19-22H2,1H3,(H,31,34). The number of amides is 1. The summed E-state index contributed by atoms with van der Waals surface area (Å²) in [5, 5.41) is 3.16. The van der Waals surface area contributed by atoms with Gasteiger partial charge >= 0.3 is 0 Å². The third-order valence-corrected chi connectivity index (χ3v) is 7.17. The molecule has 3 aromatic rings. The largest absolute Gasteiger partial charge is 0.497 e. The summed E-state index contributed by atoms with van der Waals surface area (Å²) in [6.45, 7) is 2.41. The lowest BCUT2D eigenvalue weighted by atomic mass is 9.89. The van der Waals surface area contributed by atoms with Crippen LogP contribution in [0.2, 0.25) is 0 Å². The SMILES string of the molecule is COc1cccc(OCCCCn2c(CCCCCNC(=O)C3CCCCC3)nc3ccccc32)c1. The quantitative estimate of drug-likeness (QED) is 0.268. The number of aryl methyl sites for hydroxylation is 2. The van der Waals surface area contributed by atoms with Gasteiger partial charge in [-0.15, -0.1) is 0 Å². The van der Waals surface area contributed by atoms with Crippen molar-refractivity contribution < 1.29 is 14.3 Å². The Morgan fingerprint density at radius 1 is 0.972 bits per heavy atom. The molecule has 0 saturated heterocycles. The van der Waals surface area contributed by atoms with Gasteiger partial charge in [-0.1, -0.05) is 43.9 Å². The van der Waals surface area contributed by atoms with Crippen molar-refractivity contribution in [1.82, 2.24) is 14.9 Å². The van der Waals surface area contributed by atoms with Gasteiger partial charge in [0.1, 0.15) is 17.3 Å². The predicted octanol–water partition coefficient (Wildman–Crippen LogP) is 6.31. The van der Waals surface area contributed by atoms with Crippen molar-refractivity contribution in [3.63, 3.8) is 0 Å². The molecule has 36 heavy (non-hydrogen) atoms. The molecule has 0 spiro atoms. The topological polar surface area (TPSA) is 65.4 Å². The number of carbonyl (C=O) groups is 1. The van der Waals surface area contributed by atoms with Crippen LogP contribution in [0, 0.1) is 5.92 Å². The van der Waals surface area contributed by atoms with Crippen molar-refractivity contribution in [2.45, 2.75) is 77.2 Å². The number of aromatic nitrogens is 2. The first-order valence-corrected chi connectivity index (χ1v) is 13.7. The number of ether oxygens (including phenoxy) is 2. The van der Waals surface area contributed by atoms with E-state index in [0.29, 0.717) is 6.61 Å². The molecule has 0 aliphatic heterocycles. The van der Waals surface area contributed by atoms with Crippen molar-refractivity contribution >= 4 is 16.9 Å². The highest BCUT2D eigenvalue weighted by molar-refractivity contribution is 5.78. The minimum Gasteiger partial charge on any atom is -0.497 e. The van der Waals surface area contributed by atoms with Gasteiger partial charge in [0.25, 0.3) is 0 Å². The van der Waals surface area contributed by atoms with Gasteiger partial charge in [0.15, 0.2) is 0 Å². The molecule has 6 heteroatoms. The first-order valence-electron chi connectivity index (χ1n) is 13.7. The zero-order valence-corrected chi connectivity index (χ0v) is 21.7. The molecule has 1 heterocycles. The third kappa shape index (κ3) is 7.49. The van der Waals surface area contributed by atoms with Crippen molar-refractivity contribution in [1.29, 1.82) is 0 Å². The van der Waals surface area contributed by atoms with Crippen LogP contribution >= 0.6 is 0 Å². The molecule has 1 aliphatic carbocycles. The summed E-state index contributed by atoms with van der Waals surface area (Å²) in [7, 11) is 1.67. The van der Waals surface area contributed by atoms with E-state index >= 15 is 0 Å². The van der Waals surface area contributed by atoms with Gasteiger partial charge in [0, 0.05) is 31.5 Å². The smallest absolute Gasteiger partial charge is 0.223 e. The first-order chi connectivity index (χ1) is 17.7. The third-order valence-electron chi connectivity index (χ3n) is 7.17. The molecule has 194 valence electrons. The Bertz CT molecular complexity index is 1090. The van der Waals surface area contributed by atoms with E-state index in [1.807, 2.05) is 24.3 Å². The minimum absolute atomic E-state index is 0.250. The average Bonchev–Trinajstić information content (AvgIpc) is 3.28. The molecular weight excluding hydrogens is 450 g/mol. The monoisotopic (exact) mass is 491 g/mol. The minimum atomic E-state index is 0.250. The Morgan fingerprint density at radius 3 is 2.67 bits per heavy atom. The molecule has 0 bridgehead atoms. The summed E-state index contributed by atoms with van der Waals surface area (Å²) in [4.78, 5) is 17.2. The van der Waals surface area contributed by atoms with Crippen LogP contribution in [0.5, 0.6) is 11.5 Å². The summed E-state index contributed by atoms with van der Waals surface area (Å²) in [6.07, 6.45) is 12.0. The van der Waals surface area contributed by atoms with E-state index in [1.54, 1.807) is 7.11 Å². The molecule has 4 rings (SSSR count). The van der Waals surface area contributed by atoms with Crippen molar-refractivity contribution in [3.8, 4) is 11.5 Å². The van der Waals surface area contributed by atoms with E-state index in [1.165, 1.54) is 24.8 Å². The van der Waals surface area contributed by atoms with Crippen LogP contribution in [0.4, 0.5) is 0 Å². The second kappa shape index (κ2) is 13.9. The van der Waals surface area contributed by atoms with E-state index in [2.05, 4.69) is 34.1 Å². The molecular formula is C30H41N3O3. The molecule has 1 saturated carbocycles. The number of unbranched alkanes of at least 4 members (excludes halogenated alkanes) is 3. The van der Waals surface area contributed by atoms with E-state index < -0.39 is 0 Å². The van der Waals surface area contributed by atoms with Crippen LogP contribution in [0.1, 0.15) is 70.0 Å². The lowest BCUT2D eigenvalue weighted by Crippen LogP contribution is -2.32. The Kier molecular flexibility index (Phi) is 10.1. The number of methoxy groups -OCH3 is 1. The molecule has 6 nitrogen and oxygen atoms in total. The number of nitrogens with one attached hydrogen (secondary N) is 1. The summed E-state index contributed by atoms with van der Waals surface area (Å²) >= 11 is 0. The van der Waals surface area contributed by atoms with E-state index in [-0.39, 0.29) is 11.8 Å². The second-order valence-corrected chi connectivity index (χ2v) is 9.84. The lowest BCUT2D eigenvalue weighted by molar-refractivity contribution is -0.125. The molecule has 1 aromatic heterocycles. The second-order valence-electron chi connectivity index (χ2n) is 9.84. The molecule has 0 unspecified atom stereocenters. The number of carbonyl (C=O) groups excluding carboxylic acids is 1. The molecule has 1 amide bonds.